The van der Waals surface area contributed by atoms with Crippen LogP contribution >= 0.6 is 0 Å². The maximum absolute atomic E-state index is 10.4. The van der Waals surface area contributed by atoms with Gasteiger partial charge in [-0.05, 0) is 25.0 Å². The summed E-state index contributed by atoms with van der Waals surface area (Å²) in [6.45, 7) is 4.24. The van der Waals surface area contributed by atoms with Gasteiger partial charge in [-0.25, -0.2) is 0 Å². The maximum atomic E-state index is 10.4. The van der Waals surface area contributed by atoms with Crippen LogP contribution in [-0.2, 0) is 0 Å². The van der Waals surface area contributed by atoms with Crippen molar-refractivity contribution in [1.82, 2.24) is 0 Å². The van der Waals surface area contributed by atoms with Crippen molar-refractivity contribution in [2.45, 2.75) is 70.8 Å². The van der Waals surface area contributed by atoms with E-state index >= 15 is 0 Å². The van der Waals surface area contributed by atoms with Crippen LogP contribution in [0.5, 0.6) is 0 Å². The van der Waals surface area contributed by atoms with E-state index in [4.69, 9.17) is 5.73 Å². The molecule has 0 amide bonds. The van der Waals surface area contributed by atoms with Crippen LogP contribution in [0.4, 0.5) is 0 Å². The summed E-state index contributed by atoms with van der Waals surface area (Å²) in [6.07, 6.45) is 12.9. The van der Waals surface area contributed by atoms with Crippen molar-refractivity contribution in [3.63, 3.8) is 0 Å². The Bertz CT molecular complexity index is 293. The van der Waals surface area contributed by atoms with Crippen molar-refractivity contribution in [3.8, 4) is 0 Å². The van der Waals surface area contributed by atoms with Gasteiger partial charge < -0.3 is 10.8 Å². The van der Waals surface area contributed by atoms with Gasteiger partial charge in [0, 0.05) is 12.1 Å². The van der Waals surface area contributed by atoms with E-state index in [0.717, 1.165) is 24.1 Å². The summed E-state index contributed by atoms with van der Waals surface area (Å²) in [5, 5.41) is 10.4. The average molecular weight is 237 g/mol. The topological polar surface area (TPSA) is 46.2 Å². The third kappa shape index (κ3) is 4.95. The van der Waals surface area contributed by atoms with Crippen LogP contribution in [-0.4, -0.2) is 10.7 Å². The molecule has 17 heavy (non-hydrogen) atoms. The number of nitrogens with two attached hydrogens (primary N) is 1. The highest BCUT2D eigenvalue weighted by molar-refractivity contribution is 5.30. The Balaban J connectivity index is 2.21. The van der Waals surface area contributed by atoms with Crippen LogP contribution in [0, 0.1) is 0 Å². The second-order valence-corrected chi connectivity index (χ2v) is 5.37. The zero-order valence-corrected chi connectivity index (χ0v) is 11.3. The minimum Gasteiger partial charge on any atom is -0.399 e. The van der Waals surface area contributed by atoms with E-state index in [9.17, 15) is 5.11 Å². The molecule has 0 spiro atoms. The van der Waals surface area contributed by atoms with E-state index in [-0.39, 0.29) is 0 Å². The van der Waals surface area contributed by atoms with E-state index in [2.05, 4.69) is 6.92 Å². The van der Waals surface area contributed by atoms with Gasteiger partial charge in [-0.1, -0.05) is 51.5 Å². The van der Waals surface area contributed by atoms with Gasteiger partial charge in [0.25, 0.3) is 0 Å². The molecule has 0 aliphatic heterocycles. The molecule has 0 aromatic heterocycles. The average Bonchev–Trinajstić information content (AvgIpc) is 2.29. The largest absolute Gasteiger partial charge is 0.399 e. The first kappa shape index (κ1) is 14.3. The standard InChI is InChI=1S/C15H27NO/c1-3-4-5-6-7-8-10-15(17)11-9-14(16)13(2)12-15/h9,11,17H,3-8,10,12,16H2,1-2H3. The second-order valence-electron chi connectivity index (χ2n) is 5.37. The van der Waals surface area contributed by atoms with Crippen LogP contribution in [0.2, 0.25) is 0 Å². The number of allylic oxidation sites excluding steroid dienone is 1. The predicted molar refractivity (Wildman–Crippen MR) is 73.6 cm³/mol. The minimum absolute atomic E-state index is 0.641. The van der Waals surface area contributed by atoms with Crippen molar-refractivity contribution < 1.29 is 5.11 Å². The first-order valence-corrected chi connectivity index (χ1v) is 6.94. The van der Waals surface area contributed by atoms with Crippen molar-refractivity contribution in [2.75, 3.05) is 0 Å². The molecular weight excluding hydrogens is 210 g/mol. The lowest BCUT2D eigenvalue weighted by molar-refractivity contribution is 0.0768. The molecule has 0 aromatic rings. The number of unbranched alkanes of at least 4 members (excludes halogenated alkanes) is 5. The molecular formula is C15H27NO. The van der Waals surface area contributed by atoms with E-state index < -0.39 is 5.60 Å². The summed E-state index contributed by atoms with van der Waals surface area (Å²) in [4.78, 5) is 0. The summed E-state index contributed by atoms with van der Waals surface area (Å²) in [5.41, 5.74) is 7.08. The SMILES string of the molecule is CCCCCCCCC1(O)C=CC(N)=C(C)C1. The summed E-state index contributed by atoms with van der Waals surface area (Å²) in [7, 11) is 0. The maximum Gasteiger partial charge on any atom is 0.0869 e. The highest BCUT2D eigenvalue weighted by Gasteiger charge is 2.26. The fourth-order valence-corrected chi connectivity index (χ4v) is 2.39. The Morgan fingerprint density at radius 1 is 1.24 bits per heavy atom. The number of rotatable bonds is 7. The Hall–Kier alpha value is -0.760. The molecule has 3 N–H and O–H groups in total. The Kier molecular flexibility index (Phi) is 5.76. The first-order chi connectivity index (χ1) is 8.07. The molecule has 1 rings (SSSR count). The summed E-state index contributed by atoms with van der Waals surface area (Å²) >= 11 is 0. The molecule has 1 atom stereocenters. The quantitative estimate of drug-likeness (QED) is 0.664. The van der Waals surface area contributed by atoms with Gasteiger partial charge in [-0.3, -0.25) is 0 Å². The van der Waals surface area contributed by atoms with Crippen molar-refractivity contribution in [3.05, 3.63) is 23.4 Å². The van der Waals surface area contributed by atoms with E-state index in [1.54, 1.807) is 0 Å². The molecule has 0 saturated carbocycles. The fraction of sp³-hybridized carbons (Fsp3) is 0.733. The fourth-order valence-electron chi connectivity index (χ4n) is 2.39. The molecule has 0 radical (unpaired) electrons. The van der Waals surface area contributed by atoms with Crippen LogP contribution in [0.1, 0.15) is 65.2 Å². The van der Waals surface area contributed by atoms with Gasteiger partial charge in [-0.15, -0.1) is 0 Å². The number of hydrogen-bond donors (Lipinski definition) is 2. The summed E-state index contributed by atoms with van der Waals surface area (Å²) in [6, 6.07) is 0. The number of hydrogen-bond acceptors (Lipinski definition) is 2. The lowest BCUT2D eigenvalue weighted by atomic mass is 9.85. The molecule has 0 bridgehead atoms. The Labute approximate surface area is 106 Å². The highest BCUT2D eigenvalue weighted by Crippen LogP contribution is 2.29. The molecule has 1 aliphatic rings. The first-order valence-electron chi connectivity index (χ1n) is 6.94. The van der Waals surface area contributed by atoms with Gasteiger partial charge in [0.15, 0.2) is 0 Å². The minimum atomic E-state index is -0.641. The third-order valence-electron chi connectivity index (χ3n) is 3.60. The third-order valence-corrected chi connectivity index (χ3v) is 3.60. The molecule has 2 nitrogen and oxygen atoms in total. The van der Waals surface area contributed by atoms with Gasteiger partial charge >= 0.3 is 0 Å². The Morgan fingerprint density at radius 3 is 2.53 bits per heavy atom. The zero-order chi connectivity index (χ0) is 12.7. The van der Waals surface area contributed by atoms with E-state index in [1.165, 1.54) is 32.1 Å². The van der Waals surface area contributed by atoms with Crippen LogP contribution in [0.25, 0.3) is 0 Å². The summed E-state index contributed by atoms with van der Waals surface area (Å²) in [5.74, 6) is 0. The number of aliphatic hydroxyl groups is 1. The van der Waals surface area contributed by atoms with Gasteiger partial charge in [0.05, 0.1) is 5.60 Å². The molecule has 1 unspecified atom stereocenters. The zero-order valence-electron chi connectivity index (χ0n) is 11.3. The van der Waals surface area contributed by atoms with Gasteiger partial charge in [0.2, 0.25) is 0 Å². The molecule has 0 aromatic carbocycles. The van der Waals surface area contributed by atoms with Crippen molar-refractivity contribution >= 4 is 0 Å². The predicted octanol–water partition coefficient (Wildman–Crippen LogP) is 3.66. The Morgan fingerprint density at radius 2 is 1.88 bits per heavy atom. The van der Waals surface area contributed by atoms with Crippen molar-refractivity contribution in [1.29, 1.82) is 0 Å². The lowest BCUT2D eigenvalue weighted by Gasteiger charge is -2.28. The monoisotopic (exact) mass is 237 g/mol. The summed E-state index contributed by atoms with van der Waals surface area (Å²) < 4.78 is 0. The van der Waals surface area contributed by atoms with Crippen LogP contribution in [0.15, 0.2) is 23.4 Å². The molecule has 2 heteroatoms. The molecule has 1 aliphatic carbocycles. The van der Waals surface area contributed by atoms with E-state index in [0.29, 0.717) is 6.42 Å². The molecule has 98 valence electrons. The molecule has 0 fully saturated rings. The van der Waals surface area contributed by atoms with Crippen molar-refractivity contribution in [2.24, 2.45) is 5.73 Å². The van der Waals surface area contributed by atoms with E-state index in [1.807, 2.05) is 19.1 Å². The normalized spacial score (nSPS) is 24.4. The second kappa shape index (κ2) is 6.85. The van der Waals surface area contributed by atoms with Gasteiger partial charge in [-0.2, -0.15) is 0 Å². The molecule has 0 heterocycles. The lowest BCUT2D eigenvalue weighted by Crippen LogP contribution is -2.29. The van der Waals surface area contributed by atoms with Gasteiger partial charge in [0.1, 0.15) is 0 Å². The highest BCUT2D eigenvalue weighted by atomic mass is 16.3. The smallest absolute Gasteiger partial charge is 0.0869 e. The van der Waals surface area contributed by atoms with Crippen LogP contribution in [0.3, 0.4) is 0 Å². The molecule has 0 saturated heterocycles. The van der Waals surface area contributed by atoms with Crippen LogP contribution < -0.4 is 5.73 Å².